The second kappa shape index (κ2) is 3.54. The van der Waals surface area contributed by atoms with E-state index in [0.29, 0.717) is 19.0 Å². The van der Waals surface area contributed by atoms with Crippen molar-refractivity contribution in [2.24, 2.45) is 11.7 Å². The average Bonchev–Trinajstić information content (AvgIpc) is 2.28. The van der Waals surface area contributed by atoms with Crippen LogP contribution in [0, 0.1) is 5.92 Å². The number of nitrogens with two attached hydrogens (primary N) is 1. The molecule has 0 aromatic carbocycles. The average molecular weight is 186 g/mol. The fraction of sp³-hybridized carbons (Fsp3) is 0.889. The van der Waals surface area contributed by atoms with Gasteiger partial charge in [-0.1, -0.05) is 0 Å². The van der Waals surface area contributed by atoms with Gasteiger partial charge in [0, 0.05) is 12.1 Å². The van der Waals surface area contributed by atoms with E-state index in [1.54, 1.807) is 0 Å². The molecule has 4 heteroatoms. The molecule has 1 amide bonds. The van der Waals surface area contributed by atoms with Gasteiger partial charge in [-0.05, 0) is 39.2 Å². The van der Waals surface area contributed by atoms with Crippen LogP contribution in [0.2, 0.25) is 0 Å². The predicted octanol–water partition coefficient (Wildman–Crippen LogP) is 1.11. The first-order chi connectivity index (χ1) is 6.00. The number of carbonyl (C=O) groups is 1. The summed E-state index contributed by atoms with van der Waals surface area (Å²) in [5, 5.41) is 8.93. The maximum absolute atomic E-state index is 10.9. The van der Waals surface area contributed by atoms with Crippen LogP contribution >= 0.6 is 0 Å². The zero-order valence-electron chi connectivity index (χ0n) is 8.29. The Bertz CT molecular complexity index is 204. The molecule has 1 rings (SSSR count). The summed E-state index contributed by atoms with van der Waals surface area (Å²) < 4.78 is 0. The Balaban J connectivity index is 2.70. The van der Waals surface area contributed by atoms with Crippen LogP contribution in [0.4, 0.5) is 4.79 Å². The first-order valence-corrected chi connectivity index (χ1v) is 4.70. The molecule has 3 N–H and O–H groups in total. The highest BCUT2D eigenvalue weighted by Crippen LogP contribution is 2.36. The molecule has 4 nitrogen and oxygen atoms in total. The molecule has 1 unspecified atom stereocenters. The van der Waals surface area contributed by atoms with E-state index in [1.807, 2.05) is 13.8 Å². The molecule has 1 aliphatic rings. The molecule has 1 saturated heterocycles. The third kappa shape index (κ3) is 1.77. The van der Waals surface area contributed by atoms with Gasteiger partial charge in [0.05, 0.1) is 0 Å². The monoisotopic (exact) mass is 186 g/mol. The first-order valence-electron chi connectivity index (χ1n) is 4.70. The summed E-state index contributed by atoms with van der Waals surface area (Å²) in [6, 6.07) is 0. The standard InChI is InChI=1S/C9H18N2O2/c1-9(2)7(3-5-10)4-6-11(9)8(12)13/h7H,3-6,10H2,1-2H3,(H,12,13). The van der Waals surface area contributed by atoms with Crippen LogP contribution in [-0.2, 0) is 0 Å². The van der Waals surface area contributed by atoms with Gasteiger partial charge in [-0.3, -0.25) is 0 Å². The molecule has 0 aromatic rings. The number of hydrogen-bond donors (Lipinski definition) is 2. The van der Waals surface area contributed by atoms with E-state index in [4.69, 9.17) is 10.8 Å². The van der Waals surface area contributed by atoms with Crippen molar-refractivity contribution in [1.82, 2.24) is 4.90 Å². The highest BCUT2D eigenvalue weighted by molar-refractivity contribution is 5.66. The molecule has 1 atom stereocenters. The fourth-order valence-electron chi connectivity index (χ4n) is 2.19. The van der Waals surface area contributed by atoms with E-state index in [9.17, 15) is 4.79 Å². The van der Waals surface area contributed by atoms with E-state index >= 15 is 0 Å². The van der Waals surface area contributed by atoms with Gasteiger partial charge in [-0.2, -0.15) is 0 Å². The lowest BCUT2D eigenvalue weighted by molar-refractivity contribution is 0.102. The van der Waals surface area contributed by atoms with Crippen LogP contribution in [-0.4, -0.2) is 34.7 Å². The Hall–Kier alpha value is -0.770. The van der Waals surface area contributed by atoms with Crippen molar-refractivity contribution in [3.8, 4) is 0 Å². The van der Waals surface area contributed by atoms with E-state index < -0.39 is 6.09 Å². The van der Waals surface area contributed by atoms with Crippen LogP contribution in [0.15, 0.2) is 0 Å². The summed E-state index contributed by atoms with van der Waals surface area (Å²) in [6.45, 7) is 5.25. The molecule has 0 spiro atoms. The molecule has 0 radical (unpaired) electrons. The molecular weight excluding hydrogens is 168 g/mol. The van der Waals surface area contributed by atoms with Gasteiger partial charge >= 0.3 is 6.09 Å². The lowest BCUT2D eigenvalue weighted by Gasteiger charge is -2.33. The minimum atomic E-state index is -0.815. The SMILES string of the molecule is CC1(C)C(CCN)CCN1C(=O)O. The van der Waals surface area contributed by atoms with Crippen LogP contribution in [0.3, 0.4) is 0 Å². The quantitative estimate of drug-likeness (QED) is 0.679. The number of hydrogen-bond acceptors (Lipinski definition) is 2. The highest BCUT2D eigenvalue weighted by atomic mass is 16.4. The molecule has 1 heterocycles. The van der Waals surface area contributed by atoms with Crippen molar-refractivity contribution >= 4 is 6.09 Å². The third-order valence-electron chi connectivity index (χ3n) is 3.14. The fourth-order valence-corrected chi connectivity index (χ4v) is 2.19. The van der Waals surface area contributed by atoms with E-state index in [1.165, 1.54) is 4.90 Å². The number of carboxylic acid groups (broad SMARTS) is 1. The molecule has 1 aliphatic heterocycles. The maximum atomic E-state index is 10.9. The normalized spacial score (nSPS) is 26.4. The number of nitrogens with zero attached hydrogens (tertiary/aromatic N) is 1. The second-order valence-electron chi connectivity index (χ2n) is 4.15. The van der Waals surface area contributed by atoms with Crippen LogP contribution in [0.5, 0.6) is 0 Å². The third-order valence-corrected chi connectivity index (χ3v) is 3.14. The topological polar surface area (TPSA) is 66.6 Å². The molecule has 0 aromatic heterocycles. The lowest BCUT2D eigenvalue weighted by Crippen LogP contribution is -2.45. The Labute approximate surface area is 78.7 Å². The Morgan fingerprint density at radius 3 is 2.69 bits per heavy atom. The van der Waals surface area contributed by atoms with Crippen molar-refractivity contribution in [2.45, 2.75) is 32.2 Å². The molecule has 1 fully saturated rings. The number of amides is 1. The second-order valence-corrected chi connectivity index (χ2v) is 4.15. The molecule has 0 aliphatic carbocycles. The highest BCUT2D eigenvalue weighted by Gasteiger charge is 2.43. The molecule has 76 valence electrons. The zero-order chi connectivity index (χ0) is 10.1. The molecule has 13 heavy (non-hydrogen) atoms. The number of likely N-dealkylation sites (tertiary alicyclic amines) is 1. The van der Waals surface area contributed by atoms with Crippen molar-refractivity contribution in [2.75, 3.05) is 13.1 Å². The smallest absolute Gasteiger partial charge is 0.407 e. The number of rotatable bonds is 2. The summed E-state index contributed by atoms with van der Waals surface area (Å²) in [6.07, 6.45) is 1.04. The van der Waals surface area contributed by atoms with E-state index in [0.717, 1.165) is 12.8 Å². The van der Waals surface area contributed by atoms with Gasteiger partial charge in [0.15, 0.2) is 0 Å². The minimum Gasteiger partial charge on any atom is -0.465 e. The lowest BCUT2D eigenvalue weighted by atomic mass is 9.86. The van der Waals surface area contributed by atoms with Crippen LogP contribution in [0.1, 0.15) is 26.7 Å². The van der Waals surface area contributed by atoms with E-state index in [2.05, 4.69) is 0 Å². The maximum Gasteiger partial charge on any atom is 0.407 e. The van der Waals surface area contributed by atoms with Crippen LogP contribution in [0.25, 0.3) is 0 Å². The van der Waals surface area contributed by atoms with Crippen LogP contribution < -0.4 is 5.73 Å². The Morgan fingerprint density at radius 2 is 2.31 bits per heavy atom. The van der Waals surface area contributed by atoms with Gasteiger partial charge in [0.2, 0.25) is 0 Å². The summed E-state index contributed by atoms with van der Waals surface area (Å²) in [7, 11) is 0. The Kier molecular flexibility index (Phi) is 2.81. The van der Waals surface area contributed by atoms with Gasteiger partial charge in [-0.15, -0.1) is 0 Å². The largest absolute Gasteiger partial charge is 0.465 e. The van der Waals surface area contributed by atoms with Crippen molar-refractivity contribution < 1.29 is 9.90 Å². The first kappa shape index (κ1) is 10.3. The minimum absolute atomic E-state index is 0.245. The van der Waals surface area contributed by atoms with Crippen molar-refractivity contribution in [1.29, 1.82) is 0 Å². The van der Waals surface area contributed by atoms with Gasteiger partial charge in [-0.25, -0.2) is 4.79 Å². The summed E-state index contributed by atoms with van der Waals surface area (Å²) in [5.41, 5.74) is 5.24. The Morgan fingerprint density at radius 1 is 1.69 bits per heavy atom. The van der Waals surface area contributed by atoms with Gasteiger partial charge in [0.25, 0.3) is 0 Å². The summed E-state index contributed by atoms with van der Waals surface area (Å²) >= 11 is 0. The zero-order valence-corrected chi connectivity index (χ0v) is 8.29. The molecule has 0 bridgehead atoms. The van der Waals surface area contributed by atoms with Crippen molar-refractivity contribution in [3.63, 3.8) is 0 Å². The molecule has 0 saturated carbocycles. The van der Waals surface area contributed by atoms with Crippen molar-refractivity contribution in [3.05, 3.63) is 0 Å². The van der Waals surface area contributed by atoms with Gasteiger partial charge in [0.1, 0.15) is 0 Å². The summed E-state index contributed by atoms with van der Waals surface area (Å²) in [5.74, 6) is 0.411. The molecular formula is C9H18N2O2. The summed E-state index contributed by atoms with van der Waals surface area (Å²) in [4.78, 5) is 12.4. The van der Waals surface area contributed by atoms with E-state index in [-0.39, 0.29) is 5.54 Å². The van der Waals surface area contributed by atoms with Gasteiger partial charge < -0.3 is 15.7 Å². The predicted molar refractivity (Wildman–Crippen MR) is 50.6 cm³/mol.